The first-order chi connectivity index (χ1) is 7.45. The van der Waals surface area contributed by atoms with E-state index in [1.165, 1.54) is 24.0 Å². The van der Waals surface area contributed by atoms with E-state index in [1.807, 2.05) is 0 Å². The molecule has 0 saturated heterocycles. The van der Waals surface area contributed by atoms with Crippen LogP contribution in [0.2, 0.25) is 0 Å². The number of hydrogen-bond acceptors (Lipinski definition) is 1. The van der Waals surface area contributed by atoms with Gasteiger partial charge in [0, 0.05) is 13.1 Å². The van der Waals surface area contributed by atoms with Crippen LogP contribution in [-0.2, 0) is 6.54 Å². The predicted molar refractivity (Wildman–Crippen MR) is 64.6 cm³/mol. The fraction of sp³-hybridized carbons (Fsp3) is 0.286. The lowest BCUT2D eigenvalue weighted by atomic mass is 10.1. The molecule has 1 aromatic rings. The Morgan fingerprint density at radius 2 is 1.87 bits per heavy atom. The molecule has 0 spiro atoms. The largest absolute Gasteiger partial charge is 0.309 e. The maximum absolute atomic E-state index is 3.45. The summed E-state index contributed by atoms with van der Waals surface area (Å²) in [5, 5.41) is 3.45. The van der Waals surface area contributed by atoms with Crippen LogP contribution in [0.1, 0.15) is 18.4 Å². The normalized spacial score (nSPS) is 15.1. The van der Waals surface area contributed by atoms with Gasteiger partial charge >= 0.3 is 0 Å². The Labute approximate surface area is 91.5 Å². The van der Waals surface area contributed by atoms with Crippen molar-refractivity contribution in [1.82, 2.24) is 5.32 Å². The maximum atomic E-state index is 3.45. The van der Waals surface area contributed by atoms with E-state index in [9.17, 15) is 0 Å². The fourth-order valence-corrected chi connectivity index (χ4v) is 1.75. The molecule has 0 heterocycles. The van der Waals surface area contributed by atoms with Gasteiger partial charge < -0.3 is 5.32 Å². The second kappa shape index (κ2) is 5.52. The van der Waals surface area contributed by atoms with Gasteiger partial charge in [-0.25, -0.2) is 0 Å². The van der Waals surface area contributed by atoms with Crippen LogP contribution in [0, 0.1) is 0 Å². The zero-order chi connectivity index (χ0) is 10.3. The Kier molecular flexibility index (Phi) is 3.75. The average Bonchev–Trinajstić information content (AvgIpc) is 2.32. The van der Waals surface area contributed by atoms with Crippen LogP contribution in [0.4, 0.5) is 0 Å². The van der Waals surface area contributed by atoms with Gasteiger partial charge in [0.15, 0.2) is 0 Å². The van der Waals surface area contributed by atoms with Crippen molar-refractivity contribution in [3.05, 3.63) is 59.7 Å². The Balaban J connectivity index is 1.75. The highest BCUT2D eigenvalue weighted by atomic mass is 14.8. The first-order valence-corrected chi connectivity index (χ1v) is 5.55. The van der Waals surface area contributed by atoms with Gasteiger partial charge in [-0.1, -0.05) is 48.6 Å². The van der Waals surface area contributed by atoms with Crippen LogP contribution in [-0.4, -0.2) is 6.54 Å². The minimum absolute atomic E-state index is 0.950. The highest BCUT2D eigenvalue weighted by Crippen LogP contribution is 2.08. The third-order valence-corrected chi connectivity index (χ3v) is 2.57. The minimum atomic E-state index is 0.950. The second-order valence-electron chi connectivity index (χ2n) is 3.85. The van der Waals surface area contributed by atoms with Gasteiger partial charge in [0.25, 0.3) is 0 Å². The predicted octanol–water partition coefficient (Wildman–Crippen LogP) is 3.05. The molecule has 0 saturated carbocycles. The van der Waals surface area contributed by atoms with Crippen molar-refractivity contribution in [3.8, 4) is 0 Å². The summed E-state index contributed by atoms with van der Waals surface area (Å²) in [7, 11) is 0. The molecule has 78 valence electrons. The molecular formula is C14H17N. The third-order valence-electron chi connectivity index (χ3n) is 2.57. The van der Waals surface area contributed by atoms with E-state index in [2.05, 4.69) is 53.9 Å². The van der Waals surface area contributed by atoms with Crippen LogP contribution in [0.5, 0.6) is 0 Å². The van der Waals surface area contributed by atoms with Crippen molar-refractivity contribution in [2.75, 3.05) is 6.54 Å². The van der Waals surface area contributed by atoms with E-state index >= 15 is 0 Å². The van der Waals surface area contributed by atoms with Crippen molar-refractivity contribution in [3.63, 3.8) is 0 Å². The first kappa shape index (κ1) is 10.2. The molecule has 15 heavy (non-hydrogen) atoms. The number of hydrogen-bond donors (Lipinski definition) is 1. The van der Waals surface area contributed by atoms with Gasteiger partial charge in [0.05, 0.1) is 0 Å². The summed E-state index contributed by atoms with van der Waals surface area (Å²) >= 11 is 0. The van der Waals surface area contributed by atoms with Gasteiger partial charge in [-0.15, -0.1) is 0 Å². The molecule has 0 radical (unpaired) electrons. The number of benzene rings is 1. The van der Waals surface area contributed by atoms with Crippen LogP contribution in [0.25, 0.3) is 0 Å². The van der Waals surface area contributed by atoms with Crippen LogP contribution >= 0.6 is 0 Å². The smallest absolute Gasteiger partial charge is 0.0208 e. The van der Waals surface area contributed by atoms with Gasteiger partial charge in [-0.2, -0.15) is 0 Å². The van der Waals surface area contributed by atoms with E-state index in [0.29, 0.717) is 0 Å². The van der Waals surface area contributed by atoms with E-state index in [0.717, 1.165) is 13.1 Å². The third kappa shape index (κ3) is 3.37. The first-order valence-electron chi connectivity index (χ1n) is 5.55. The molecular weight excluding hydrogens is 182 g/mol. The molecule has 1 aromatic carbocycles. The van der Waals surface area contributed by atoms with Gasteiger partial charge in [-0.05, 0) is 24.0 Å². The lowest BCUT2D eigenvalue weighted by molar-refractivity contribution is 0.742. The molecule has 1 heteroatoms. The zero-order valence-corrected chi connectivity index (χ0v) is 8.95. The van der Waals surface area contributed by atoms with Gasteiger partial charge in [-0.3, -0.25) is 0 Å². The standard InChI is InChI=1S/C14H17N/c1-3-7-13(8-4-1)11-15-12-14-9-5-2-6-10-14/h1,3-5,7-10,15H,2,6,11-12H2. The Morgan fingerprint density at radius 1 is 1.00 bits per heavy atom. The summed E-state index contributed by atoms with van der Waals surface area (Å²) in [5.41, 5.74) is 2.76. The molecule has 0 fully saturated rings. The van der Waals surface area contributed by atoms with Crippen LogP contribution in [0.15, 0.2) is 54.1 Å². The number of rotatable bonds is 4. The SMILES string of the molecule is C1=CC(CNCc2ccccc2)=CCC1. The summed E-state index contributed by atoms with van der Waals surface area (Å²) in [5.74, 6) is 0. The maximum Gasteiger partial charge on any atom is 0.0208 e. The summed E-state index contributed by atoms with van der Waals surface area (Å²) in [6.07, 6.45) is 9.18. The van der Waals surface area contributed by atoms with Crippen molar-refractivity contribution < 1.29 is 0 Å². The average molecular weight is 199 g/mol. The molecule has 1 aliphatic rings. The van der Waals surface area contributed by atoms with Gasteiger partial charge in [0.1, 0.15) is 0 Å². The molecule has 0 unspecified atom stereocenters. The summed E-state index contributed by atoms with van der Waals surface area (Å²) in [6.45, 7) is 1.93. The quantitative estimate of drug-likeness (QED) is 0.786. The van der Waals surface area contributed by atoms with Crippen molar-refractivity contribution in [1.29, 1.82) is 0 Å². The highest BCUT2D eigenvalue weighted by molar-refractivity contribution is 5.23. The molecule has 0 bridgehead atoms. The topological polar surface area (TPSA) is 12.0 Å². The Bertz CT molecular complexity index is 349. The van der Waals surface area contributed by atoms with Crippen molar-refractivity contribution in [2.45, 2.75) is 19.4 Å². The molecule has 0 aromatic heterocycles. The summed E-state index contributed by atoms with van der Waals surface area (Å²) in [6, 6.07) is 10.5. The van der Waals surface area contributed by atoms with E-state index in [4.69, 9.17) is 0 Å². The lowest BCUT2D eigenvalue weighted by Gasteiger charge is -2.08. The fourth-order valence-electron chi connectivity index (χ4n) is 1.75. The molecule has 1 nitrogen and oxygen atoms in total. The van der Waals surface area contributed by atoms with E-state index in [1.54, 1.807) is 0 Å². The number of nitrogens with one attached hydrogen (secondary N) is 1. The molecule has 2 rings (SSSR count). The summed E-state index contributed by atoms with van der Waals surface area (Å²) in [4.78, 5) is 0. The molecule has 1 N–H and O–H groups in total. The van der Waals surface area contributed by atoms with Gasteiger partial charge in [0.2, 0.25) is 0 Å². The second-order valence-corrected chi connectivity index (χ2v) is 3.85. The van der Waals surface area contributed by atoms with Crippen LogP contribution in [0.3, 0.4) is 0 Å². The Hall–Kier alpha value is -1.34. The van der Waals surface area contributed by atoms with Crippen LogP contribution < -0.4 is 5.32 Å². The van der Waals surface area contributed by atoms with Crippen molar-refractivity contribution in [2.24, 2.45) is 0 Å². The zero-order valence-electron chi connectivity index (χ0n) is 8.95. The monoisotopic (exact) mass is 199 g/mol. The molecule has 0 amide bonds. The highest BCUT2D eigenvalue weighted by Gasteiger charge is 1.96. The summed E-state index contributed by atoms with van der Waals surface area (Å²) < 4.78 is 0. The van der Waals surface area contributed by atoms with E-state index in [-0.39, 0.29) is 0 Å². The number of allylic oxidation sites excluding steroid dienone is 2. The molecule has 0 atom stereocenters. The van der Waals surface area contributed by atoms with E-state index < -0.39 is 0 Å². The lowest BCUT2D eigenvalue weighted by Crippen LogP contribution is -2.16. The molecule has 0 aliphatic heterocycles. The van der Waals surface area contributed by atoms with Crippen molar-refractivity contribution >= 4 is 0 Å². The Morgan fingerprint density at radius 3 is 2.60 bits per heavy atom. The minimum Gasteiger partial charge on any atom is -0.309 e. The molecule has 1 aliphatic carbocycles.